The molecule has 1 amide bonds. The van der Waals surface area contributed by atoms with E-state index < -0.39 is 15.7 Å². The van der Waals surface area contributed by atoms with Gasteiger partial charge in [-0.25, -0.2) is 8.42 Å². The van der Waals surface area contributed by atoms with E-state index in [9.17, 15) is 13.2 Å². The fraction of sp³-hybridized carbons (Fsp3) is 0.0741. The van der Waals surface area contributed by atoms with Gasteiger partial charge < -0.3 is 14.7 Å². The first-order valence-electron chi connectivity index (χ1n) is 10.9. The Morgan fingerprint density at radius 1 is 0.914 bits per heavy atom. The van der Waals surface area contributed by atoms with Gasteiger partial charge in [-0.1, -0.05) is 64.5 Å². The van der Waals surface area contributed by atoms with Crippen molar-refractivity contribution in [3.8, 4) is 0 Å². The highest BCUT2D eigenvalue weighted by atomic mass is 79.9. The van der Waals surface area contributed by atoms with Gasteiger partial charge in [0.15, 0.2) is 5.76 Å². The Morgan fingerprint density at radius 3 is 2.40 bits per heavy atom. The lowest BCUT2D eigenvalue weighted by Gasteiger charge is -2.18. The number of fused-ring (bicyclic) bond motifs is 1. The zero-order valence-corrected chi connectivity index (χ0v) is 20.8. The molecule has 0 saturated heterocycles. The van der Waals surface area contributed by atoms with E-state index in [2.05, 4.69) is 26.2 Å². The average molecular weight is 549 g/mol. The van der Waals surface area contributed by atoms with Crippen LogP contribution in [0.4, 0.5) is 0 Å². The summed E-state index contributed by atoms with van der Waals surface area (Å²) in [5.41, 5.74) is 3.13. The van der Waals surface area contributed by atoms with Crippen LogP contribution < -0.4 is 5.32 Å². The number of aromatic nitrogens is 1. The molecular weight excluding hydrogens is 528 g/mol. The molecule has 8 heteroatoms. The molecule has 1 unspecified atom stereocenters. The van der Waals surface area contributed by atoms with Gasteiger partial charge in [0, 0.05) is 34.0 Å². The first-order chi connectivity index (χ1) is 16.9. The van der Waals surface area contributed by atoms with E-state index in [1.165, 1.54) is 24.3 Å². The minimum absolute atomic E-state index is 0.0635. The summed E-state index contributed by atoms with van der Waals surface area (Å²) in [6.07, 6.45) is 1.96. The fourth-order valence-corrected chi connectivity index (χ4v) is 5.51. The maximum atomic E-state index is 12.9. The SMILES string of the molecule is O=C(NCC(c1ccccc1)c1c[nH]c2ccccc12)c1ccc(S(=O)(=O)c2ccc(Br)cc2)o1. The third kappa shape index (κ3) is 4.67. The Balaban J connectivity index is 1.38. The van der Waals surface area contributed by atoms with Crippen molar-refractivity contribution in [2.24, 2.45) is 0 Å². The Labute approximate surface area is 211 Å². The lowest BCUT2D eigenvalue weighted by Crippen LogP contribution is -2.28. The lowest BCUT2D eigenvalue weighted by molar-refractivity contribution is 0.0919. The van der Waals surface area contributed by atoms with Gasteiger partial charge in [-0.15, -0.1) is 0 Å². The van der Waals surface area contributed by atoms with Crippen molar-refractivity contribution in [2.75, 3.05) is 6.54 Å². The fourth-order valence-electron chi connectivity index (χ4n) is 4.07. The largest absolute Gasteiger partial charge is 0.439 e. The molecule has 0 aliphatic carbocycles. The van der Waals surface area contributed by atoms with Gasteiger partial charge in [0.25, 0.3) is 5.91 Å². The van der Waals surface area contributed by atoms with Crippen LogP contribution in [0.15, 0.2) is 116 Å². The number of halogens is 1. The zero-order chi connectivity index (χ0) is 24.4. The number of nitrogens with one attached hydrogen (secondary N) is 2. The maximum Gasteiger partial charge on any atom is 0.287 e. The second-order valence-corrected chi connectivity index (χ2v) is 10.8. The van der Waals surface area contributed by atoms with E-state index in [0.717, 1.165) is 26.5 Å². The highest BCUT2D eigenvalue weighted by Crippen LogP contribution is 2.31. The van der Waals surface area contributed by atoms with Gasteiger partial charge >= 0.3 is 0 Å². The number of hydrogen-bond donors (Lipinski definition) is 2. The molecule has 0 aliphatic heterocycles. The van der Waals surface area contributed by atoms with Crippen LogP contribution in [0.25, 0.3) is 10.9 Å². The molecule has 2 aromatic heterocycles. The van der Waals surface area contributed by atoms with Gasteiger partial charge in [-0.05, 0) is 53.6 Å². The molecule has 0 aliphatic rings. The summed E-state index contributed by atoms with van der Waals surface area (Å²) in [4.78, 5) is 16.3. The molecule has 0 bridgehead atoms. The van der Waals surface area contributed by atoms with Gasteiger partial charge in [0.05, 0.1) is 4.90 Å². The van der Waals surface area contributed by atoms with E-state index >= 15 is 0 Å². The number of carbonyl (C=O) groups excluding carboxylic acids is 1. The molecule has 0 spiro atoms. The summed E-state index contributed by atoms with van der Waals surface area (Å²) in [7, 11) is -3.87. The van der Waals surface area contributed by atoms with Crippen LogP contribution in [-0.2, 0) is 9.84 Å². The standard InChI is InChI=1S/C27H21BrN2O4S/c28-19-10-12-20(13-11-19)35(32,33)26-15-14-25(34-26)27(31)30-16-22(18-6-2-1-3-7-18)23-17-29-24-9-5-4-8-21(23)24/h1-15,17,22,29H,16H2,(H,30,31). The molecule has 0 radical (unpaired) electrons. The molecule has 5 rings (SSSR count). The summed E-state index contributed by atoms with van der Waals surface area (Å²) in [5.74, 6) is -0.660. The monoisotopic (exact) mass is 548 g/mol. The predicted molar refractivity (Wildman–Crippen MR) is 137 cm³/mol. The Kier molecular flexibility index (Phi) is 6.32. The number of aromatic amines is 1. The van der Waals surface area contributed by atoms with E-state index in [1.54, 1.807) is 12.1 Å². The average Bonchev–Trinajstić information content (AvgIpc) is 3.54. The van der Waals surface area contributed by atoms with Crippen molar-refractivity contribution in [1.29, 1.82) is 0 Å². The minimum Gasteiger partial charge on any atom is -0.439 e. The van der Waals surface area contributed by atoms with Crippen molar-refractivity contribution < 1.29 is 17.6 Å². The van der Waals surface area contributed by atoms with Crippen LogP contribution in [0.5, 0.6) is 0 Å². The number of carbonyl (C=O) groups is 1. The molecule has 3 aromatic carbocycles. The van der Waals surface area contributed by atoms with Crippen LogP contribution in [-0.4, -0.2) is 25.9 Å². The Hall–Kier alpha value is -3.62. The van der Waals surface area contributed by atoms with Gasteiger partial charge in [-0.2, -0.15) is 0 Å². The van der Waals surface area contributed by atoms with Crippen LogP contribution in [0.3, 0.4) is 0 Å². The summed E-state index contributed by atoms with van der Waals surface area (Å²) < 4.78 is 32.0. The molecule has 6 nitrogen and oxygen atoms in total. The molecule has 2 heterocycles. The van der Waals surface area contributed by atoms with E-state index in [1.807, 2.05) is 60.8 Å². The summed E-state index contributed by atoms with van der Waals surface area (Å²) >= 11 is 3.29. The van der Waals surface area contributed by atoms with Crippen molar-refractivity contribution in [3.05, 3.63) is 119 Å². The number of sulfone groups is 1. The van der Waals surface area contributed by atoms with Crippen LogP contribution in [0.1, 0.15) is 27.6 Å². The van der Waals surface area contributed by atoms with E-state index in [-0.39, 0.29) is 21.7 Å². The number of rotatable bonds is 7. The number of amides is 1. The van der Waals surface area contributed by atoms with Crippen molar-refractivity contribution in [2.45, 2.75) is 15.9 Å². The Morgan fingerprint density at radius 2 is 1.63 bits per heavy atom. The first kappa shape index (κ1) is 23.1. The number of para-hydroxylation sites is 1. The molecular formula is C27H21BrN2O4S. The smallest absolute Gasteiger partial charge is 0.287 e. The van der Waals surface area contributed by atoms with Gasteiger partial charge in [-0.3, -0.25) is 4.79 Å². The normalized spacial score (nSPS) is 12.5. The molecule has 5 aromatic rings. The molecule has 2 N–H and O–H groups in total. The van der Waals surface area contributed by atoms with Crippen LogP contribution in [0, 0.1) is 0 Å². The highest BCUT2D eigenvalue weighted by Gasteiger charge is 2.25. The number of hydrogen-bond acceptors (Lipinski definition) is 4. The van der Waals surface area contributed by atoms with Crippen molar-refractivity contribution in [1.82, 2.24) is 10.3 Å². The second kappa shape index (κ2) is 9.56. The van der Waals surface area contributed by atoms with E-state index in [4.69, 9.17) is 4.42 Å². The van der Waals surface area contributed by atoms with Crippen LogP contribution >= 0.6 is 15.9 Å². The zero-order valence-electron chi connectivity index (χ0n) is 18.4. The molecule has 176 valence electrons. The third-order valence-electron chi connectivity index (χ3n) is 5.86. The summed E-state index contributed by atoms with van der Waals surface area (Å²) in [6, 6.07) is 26.8. The topological polar surface area (TPSA) is 92.2 Å². The first-order valence-corrected chi connectivity index (χ1v) is 13.2. The third-order valence-corrected chi connectivity index (χ3v) is 8.03. The van der Waals surface area contributed by atoms with Crippen LogP contribution in [0.2, 0.25) is 0 Å². The molecule has 1 atom stereocenters. The Bertz CT molecular complexity index is 1590. The number of H-pyrrole nitrogens is 1. The van der Waals surface area contributed by atoms with Gasteiger partial charge in [0.1, 0.15) is 0 Å². The number of furan rings is 1. The van der Waals surface area contributed by atoms with Crippen molar-refractivity contribution in [3.63, 3.8) is 0 Å². The molecule has 0 fully saturated rings. The second-order valence-electron chi connectivity index (χ2n) is 8.04. The highest BCUT2D eigenvalue weighted by molar-refractivity contribution is 9.10. The lowest BCUT2D eigenvalue weighted by atomic mass is 9.91. The van der Waals surface area contributed by atoms with E-state index in [0.29, 0.717) is 6.54 Å². The quantitative estimate of drug-likeness (QED) is 0.264. The molecule has 0 saturated carbocycles. The maximum absolute atomic E-state index is 12.9. The minimum atomic E-state index is -3.87. The van der Waals surface area contributed by atoms with Gasteiger partial charge in [0.2, 0.25) is 14.9 Å². The molecule has 35 heavy (non-hydrogen) atoms. The summed E-state index contributed by atoms with van der Waals surface area (Å²) in [5, 5.41) is 3.72. The predicted octanol–water partition coefficient (Wildman–Crippen LogP) is 5.92. The summed E-state index contributed by atoms with van der Waals surface area (Å²) in [6.45, 7) is 0.306. The van der Waals surface area contributed by atoms with Crippen molar-refractivity contribution >= 4 is 42.6 Å². The number of benzene rings is 3.